The van der Waals surface area contributed by atoms with E-state index in [2.05, 4.69) is 42.5 Å². The number of carbonyl (C=O) groups excluding carboxylic acids is 2. The molecule has 3 amide bonds. The summed E-state index contributed by atoms with van der Waals surface area (Å²) in [7, 11) is 0. The van der Waals surface area contributed by atoms with E-state index in [1.807, 2.05) is 9.58 Å². The lowest BCUT2D eigenvalue weighted by atomic mass is 9.90. The molecule has 1 aromatic heterocycles. The highest BCUT2D eigenvalue weighted by Crippen LogP contribution is 2.33. The van der Waals surface area contributed by atoms with Crippen LogP contribution >= 0.6 is 0 Å². The molecule has 0 bridgehead atoms. The number of aromatic nitrogens is 2. The van der Waals surface area contributed by atoms with Crippen LogP contribution in [0.5, 0.6) is 0 Å². The second-order valence-electron chi connectivity index (χ2n) is 8.09. The maximum Gasteiger partial charge on any atom is 0.317 e. The minimum atomic E-state index is -0.531. The van der Waals surface area contributed by atoms with Crippen LogP contribution in [-0.2, 0) is 24.4 Å². The van der Waals surface area contributed by atoms with Gasteiger partial charge in [0.15, 0.2) is 0 Å². The topological polar surface area (TPSA) is 102 Å². The van der Waals surface area contributed by atoms with E-state index in [0.717, 1.165) is 24.1 Å². The Morgan fingerprint density at radius 3 is 2.69 bits per heavy atom. The standard InChI is InChI=1S/C21H27N5O3/c1-14-3-4-16(15(2)9-14)11-23-20(28)25-7-5-21(6-8-25)13-26-17(12-29-21)10-18(24-26)19(22)27/h3-4,9-10H,5-8,11-13H2,1-2H3,(H2,22,27)(H,23,28). The number of hydrogen-bond acceptors (Lipinski definition) is 4. The van der Waals surface area contributed by atoms with E-state index in [4.69, 9.17) is 10.5 Å². The zero-order chi connectivity index (χ0) is 20.6. The molecule has 3 N–H and O–H groups in total. The number of fused-ring (bicyclic) bond motifs is 1. The zero-order valence-corrected chi connectivity index (χ0v) is 16.9. The van der Waals surface area contributed by atoms with Crippen molar-refractivity contribution in [3.63, 3.8) is 0 Å². The third-order valence-electron chi connectivity index (χ3n) is 5.97. The molecule has 0 atom stereocenters. The van der Waals surface area contributed by atoms with Crippen molar-refractivity contribution in [1.82, 2.24) is 20.0 Å². The van der Waals surface area contributed by atoms with Crippen LogP contribution in [0.4, 0.5) is 4.79 Å². The monoisotopic (exact) mass is 397 g/mol. The summed E-state index contributed by atoms with van der Waals surface area (Å²) in [5, 5.41) is 7.33. The van der Waals surface area contributed by atoms with Gasteiger partial charge in [0.2, 0.25) is 0 Å². The van der Waals surface area contributed by atoms with Gasteiger partial charge in [-0.2, -0.15) is 5.10 Å². The van der Waals surface area contributed by atoms with E-state index in [0.29, 0.717) is 32.8 Å². The Labute approximate surface area is 170 Å². The first-order valence-corrected chi connectivity index (χ1v) is 9.95. The van der Waals surface area contributed by atoms with Gasteiger partial charge in [-0.1, -0.05) is 23.8 Å². The van der Waals surface area contributed by atoms with Gasteiger partial charge in [0, 0.05) is 19.6 Å². The highest BCUT2D eigenvalue weighted by molar-refractivity contribution is 5.90. The molecule has 29 heavy (non-hydrogen) atoms. The predicted molar refractivity (Wildman–Crippen MR) is 107 cm³/mol. The Morgan fingerprint density at radius 1 is 1.24 bits per heavy atom. The van der Waals surface area contributed by atoms with Crippen LogP contribution in [0.3, 0.4) is 0 Å². The van der Waals surface area contributed by atoms with Crippen LogP contribution in [0.1, 0.15) is 45.7 Å². The number of nitrogens with one attached hydrogen (secondary N) is 1. The summed E-state index contributed by atoms with van der Waals surface area (Å²) in [5.41, 5.74) is 9.64. The highest BCUT2D eigenvalue weighted by Gasteiger charge is 2.40. The minimum Gasteiger partial charge on any atom is -0.367 e. The molecule has 3 heterocycles. The van der Waals surface area contributed by atoms with Crippen molar-refractivity contribution < 1.29 is 14.3 Å². The summed E-state index contributed by atoms with van der Waals surface area (Å²) in [6.07, 6.45) is 1.46. The molecule has 2 aliphatic heterocycles. The van der Waals surface area contributed by atoms with Gasteiger partial charge in [-0.15, -0.1) is 0 Å². The van der Waals surface area contributed by atoms with Crippen molar-refractivity contribution in [3.05, 3.63) is 52.3 Å². The number of hydrogen-bond donors (Lipinski definition) is 2. The number of urea groups is 1. The van der Waals surface area contributed by atoms with Crippen molar-refractivity contribution in [2.24, 2.45) is 5.73 Å². The van der Waals surface area contributed by atoms with Gasteiger partial charge in [0.1, 0.15) is 5.69 Å². The van der Waals surface area contributed by atoms with Crippen LogP contribution in [0.25, 0.3) is 0 Å². The first-order valence-electron chi connectivity index (χ1n) is 9.95. The summed E-state index contributed by atoms with van der Waals surface area (Å²) in [6, 6.07) is 7.89. The van der Waals surface area contributed by atoms with E-state index in [9.17, 15) is 9.59 Å². The second kappa shape index (κ2) is 7.51. The number of likely N-dealkylation sites (tertiary alicyclic amines) is 1. The molecule has 0 radical (unpaired) electrons. The molecule has 1 fully saturated rings. The molecule has 0 saturated carbocycles. The Kier molecular flexibility index (Phi) is 5.04. The molecular weight excluding hydrogens is 370 g/mol. The predicted octanol–water partition coefficient (Wildman–Crippen LogP) is 1.87. The summed E-state index contributed by atoms with van der Waals surface area (Å²) in [4.78, 5) is 25.8. The molecular formula is C21H27N5O3. The normalized spacial score (nSPS) is 17.8. The molecule has 0 aliphatic carbocycles. The van der Waals surface area contributed by atoms with Gasteiger partial charge in [-0.3, -0.25) is 9.48 Å². The van der Waals surface area contributed by atoms with Crippen molar-refractivity contribution in [3.8, 4) is 0 Å². The maximum atomic E-state index is 12.6. The van der Waals surface area contributed by atoms with Gasteiger partial charge < -0.3 is 20.7 Å². The van der Waals surface area contributed by atoms with Crippen LogP contribution in [0, 0.1) is 13.8 Å². The number of piperidine rings is 1. The summed E-state index contributed by atoms with van der Waals surface area (Å²) >= 11 is 0. The molecule has 154 valence electrons. The average molecular weight is 397 g/mol. The quantitative estimate of drug-likeness (QED) is 0.825. The van der Waals surface area contributed by atoms with E-state index in [1.54, 1.807) is 6.07 Å². The van der Waals surface area contributed by atoms with E-state index in [1.165, 1.54) is 11.1 Å². The smallest absolute Gasteiger partial charge is 0.317 e. The lowest BCUT2D eigenvalue weighted by Crippen LogP contribution is -2.53. The molecule has 2 aromatic rings. The fraction of sp³-hybridized carbons (Fsp3) is 0.476. The molecule has 4 rings (SSSR count). The van der Waals surface area contributed by atoms with Gasteiger partial charge >= 0.3 is 6.03 Å². The van der Waals surface area contributed by atoms with Crippen molar-refractivity contribution in [2.75, 3.05) is 13.1 Å². The Hall–Kier alpha value is -2.87. The molecule has 1 aromatic carbocycles. The van der Waals surface area contributed by atoms with Gasteiger partial charge in [-0.25, -0.2) is 4.79 Å². The number of benzene rings is 1. The van der Waals surface area contributed by atoms with Crippen LogP contribution < -0.4 is 11.1 Å². The highest BCUT2D eigenvalue weighted by atomic mass is 16.5. The fourth-order valence-electron chi connectivity index (χ4n) is 4.12. The van der Waals surface area contributed by atoms with Crippen molar-refractivity contribution >= 4 is 11.9 Å². The number of carbonyl (C=O) groups is 2. The number of amides is 3. The van der Waals surface area contributed by atoms with Crippen LogP contribution in [-0.4, -0.2) is 45.3 Å². The van der Waals surface area contributed by atoms with Gasteiger partial charge in [0.05, 0.1) is 24.4 Å². The van der Waals surface area contributed by atoms with Gasteiger partial charge in [0.25, 0.3) is 5.91 Å². The Morgan fingerprint density at radius 2 is 2.00 bits per heavy atom. The third kappa shape index (κ3) is 3.98. The summed E-state index contributed by atoms with van der Waals surface area (Å²) in [5.74, 6) is -0.531. The third-order valence-corrected chi connectivity index (χ3v) is 5.97. The Bertz CT molecular complexity index is 944. The van der Waals surface area contributed by atoms with Crippen molar-refractivity contribution in [1.29, 1.82) is 0 Å². The minimum absolute atomic E-state index is 0.0496. The largest absolute Gasteiger partial charge is 0.367 e. The van der Waals surface area contributed by atoms with E-state index < -0.39 is 5.91 Å². The fourth-order valence-corrected chi connectivity index (χ4v) is 4.12. The molecule has 2 aliphatic rings. The maximum absolute atomic E-state index is 12.6. The van der Waals surface area contributed by atoms with Crippen LogP contribution in [0.2, 0.25) is 0 Å². The number of aryl methyl sites for hydroxylation is 2. The lowest BCUT2D eigenvalue weighted by molar-refractivity contribution is -0.119. The van der Waals surface area contributed by atoms with Crippen molar-refractivity contribution in [2.45, 2.75) is 52.0 Å². The number of primary amides is 1. The molecule has 8 nitrogen and oxygen atoms in total. The zero-order valence-electron chi connectivity index (χ0n) is 16.9. The summed E-state index contributed by atoms with van der Waals surface area (Å²) in [6.45, 7) is 6.87. The second-order valence-corrected chi connectivity index (χ2v) is 8.09. The molecule has 8 heteroatoms. The average Bonchev–Trinajstić information content (AvgIpc) is 3.11. The molecule has 0 unspecified atom stereocenters. The molecule has 1 saturated heterocycles. The first kappa shape index (κ1) is 19.4. The number of ether oxygens (including phenoxy) is 1. The Balaban J connectivity index is 1.33. The van der Waals surface area contributed by atoms with Gasteiger partial charge in [-0.05, 0) is 43.9 Å². The number of nitrogens with zero attached hydrogens (tertiary/aromatic N) is 3. The number of nitrogens with two attached hydrogens (primary N) is 1. The molecule has 1 spiro atoms. The van der Waals surface area contributed by atoms with E-state index >= 15 is 0 Å². The summed E-state index contributed by atoms with van der Waals surface area (Å²) < 4.78 is 7.96. The first-order chi connectivity index (χ1) is 13.8. The lowest BCUT2D eigenvalue weighted by Gasteiger charge is -2.43. The van der Waals surface area contributed by atoms with E-state index in [-0.39, 0.29) is 17.3 Å². The SMILES string of the molecule is Cc1ccc(CNC(=O)N2CCC3(CC2)Cn2nc(C(N)=O)cc2CO3)c(C)c1. The number of rotatable bonds is 3. The van der Waals surface area contributed by atoms with Crippen LogP contribution in [0.15, 0.2) is 24.3 Å².